The molecule has 0 rings (SSSR count). The minimum atomic E-state index is -0.863. The second-order valence-corrected chi connectivity index (χ2v) is 14.5. The average Bonchev–Trinajstić information content (AvgIpc) is 3.26. The molecule has 1 unspecified atom stereocenters. The summed E-state index contributed by atoms with van der Waals surface area (Å²) < 4.78 is 16.5. The summed E-state index contributed by atoms with van der Waals surface area (Å²) in [5, 5.41) is 0. The first-order valence-corrected chi connectivity index (χ1v) is 23.1. The molecule has 0 amide bonds. The van der Waals surface area contributed by atoms with Gasteiger partial charge < -0.3 is 14.2 Å². The lowest BCUT2D eigenvalue weighted by Crippen LogP contribution is -2.30. The van der Waals surface area contributed by atoms with Crippen LogP contribution in [0.5, 0.6) is 0 Å². The third-order valence-electron chi connectivity index (χ3n) is 8.80. The number of carbonyl (C=O) groups is 3. The molecule has 0 spiro atoms. The summed E-state index contributed by atoms with van der Waals surface area (Å²) in [4.78, 5) is 37.8. The Morgan fingerprint density at radius 1 is 0.361 bits per heavy atom. The monoisotopic (exact) mass is 837 g/mol. The molecular weight excluding hydrogens is 757 g/mol. The number of rotatable bonds is 38. The first kappa shape index (κ1) is 56.0. The van der Waals surface area contributed by atoms with E-state index < -0.39 is 12.1 Å². The molecule has 6 heteroatoms. The molecule has 0 saturated carbocycles. The zero-order chi connectivity index (χ0) is 44.4. The van der Waals surface area contributed by atoms with Gasteiger partial charge in [-0.1, -0.05) is 217 Å². The fourth-order valence-corrected chi connectivity index (χ4v) is 5.38. The third-order valence-corrected chi connectivity index (χ3v) is 8.80. The van der Waals surface area contributed by atoms with Gasteiger partial charge >= 0.3 is 17.9 Å². The Balaban J connectivity index is 4.70. The smallest absolute Gasteiger partial charge is 0.306 e. The maximum atomic E-state index is 12.7. The van der Waals surface area contributed by atoms with Crippen LogP contribution in [0.15, 0.2) is 158 Å². The minimum absolute atomic E-state index is 0.155. The van der Waals surface area contributed by atoms with Crippen LogP contribution in [0.2, 0.25) is 0 Å². The fourth-order valence-electron chi connectivity index (χ4n) is 5.38. The van der Waals surface area contributed by atoms with E-state index in [9.17, 15) is 14.4 Å². The van der Waals surface area contributed by atoms with E-state index in [1.54, 1.807) is 0 Å². The van der Waals surface area contributed by atoms with Crippen molar-refractivity contribution in [3.8, 4) is 0 Å². The second kappa shape index (κ2) is 47.7. The molecule has 61 heavy (non-hydrogen) atoms. The van der Waals surface area contributed by atoms with Gasteiger partial charge in [-0.05, 0) is 70.6 Å². The third kappa shape index (κ3) is 46.0. The molecule has 0 fully saturated rings. The first-order valence-electron chi connectivity index (χ1n) is 23.1. The van der Waals surface area contributed by atoms with Gasteiger partial charge in [0, 0.05) is 19.3 Å². The quantitative estimate of drug-likeness (QED) is 0.0203. The fraction of sp³-hybridized carbons (Fsp3) is 0.473. The van der Waals surface area contributed by atoms with E-state index in [0.29, 0.717) is 25.7 Å². The van der Waals surface area contributed by atoms with Gasteiger partial charge in [0.2, 0.25) is 0 Å². The summed E-state index contributed by atoms with van der Waals surface area (Å²) in [5.74, 6) is -1.16. The summed E-state index contributed by atoms with van der Waals surface area (Å²) in [6.07, 6.45) is 69.6. The highest BCUT2D eigenvalue weighted by Gasteiger charge is 2.19. The van der Waals surface area contributed by atoms with Crippen molar-refractivity contribution in [2.45, 2.75) is 155 Å². The Morgan fingerprint density at radius 3 is 1.28 bits per heavy atom. The Kier molecular flexibility index (Phi) is 43.8. The van der Waals surface area contributed by atoms with E-state index in [-0.39, 0.29) is 44.4 Å². The van der Waals surface area contributed by atoms with Crippen molar-refractivity contribution in [2.75, 3.05) is 13.2 Å². The number of esters is 3. The number of hydrogen-bond donors (Lipinski definition) is 0. The van der Waals surface area contributed by atoms with E-state index in [4.69, 9.17) is 14.2 Å². The van der Waals surface area contributed by atoms with Crippen molar-refractivity contribution >= 4 is 17.9 Å². The summed E-state index contributed by atoms with van der Waals surface area (Å²) in [7, 11) is 0. The molecule has 0 aliphatic heterocycles. The van der Waals surface area contributed by atoms with Crippen molar-refractivity contribution in [1.29, 1.82) is 0 Å². The van der Waals surface area contributed by atoms with Gasteiger partial charge in [0.15, 0.2) is 6.10 Å². The largest absolute Gasteiger partial charge is 0.462 e. The predicted molar refractivity (Wildman–Crippen MR) is 260 cm³/mol. The Morgan fingerprint density at radius 2 is 0.754 bits per heavy atom. The number of allylic oxidation sites excluding steroid dienone is 26. The van der Waals surface area contributed by atoms with Gasteiger partial charge in [-0.2, -0.15) is 0 Å². The van der Waals surface area contributed by atoms with E-state index >= 15 is 0 Å². The van der Waals surface area contributed by atoms with Crippen molar-refractivity contribution in [2.24, 2.45) is 0 Å². The molecule has 0 aromatic heterocycles. The first-order chi connectivity index (χ1) is 30.0. The van der Waals surface area contributed by atoms with Crippen molar-refractivity contribution in [1.82, 2.24) is 0 Å². The van der Waals surface area contributed by atoms with Crippen molar-refractivity contribution in [3.63, 3.8) is 0 Å². The SMILES string of the molecule is CC\C=C/C=C\C=C/C=C\C=C/CCCC(=O)OC(COC(=O)CC/C=C\C/C=C\CCCCCCCC)COC(=O)CCCCC\C=C/C=C/C=C\C=C/C=C\C=C/CC. The molecule has 336 valence electrons. The van der Waals surface area contributed by atoms with Crippen molar-refractivity contribution < 1.29 is 28.6 Å². The summed E-state index contributed by atoms with van der Waals surface area (Å²) in [5.41, 5.74) is 0. The standard InChI is InChI=1S/C55H80O6/c1-4-7-10-13-16-19-22-25-26-27-28-31-33-36-39-42-45-48-54(57)60-51-52(61-55(58)49-46-43-40-37-34-30-24-21-18-15-12-9-6-3)50-59-53(56)47-44-41-38-35-32-29-23-20-17-14-11-8-5-2/h7,9-10,12-13,15-16,18-19,21-22,24-34,37-38,40-41,52H,4-6,8,11,14,17,20,23,35-36,39,42-51H2,1-3H3/b10-7-,12-9-,16-13-,18-15-,22-19-,24-21-,26-25-,28-27+,32-29-,33-31-,34-30-,40-37-,41-38-. The molecule has 0 saturated heterocycles. The van der Waals surface area contributed by atoms with Crippen LogP contribution in [0.1, 0.15) is 149 Å². The van der Waals surface area contributed by atoms with E-state index in [0.717, 1.165) is 44.9 Å². The average molecular weight is 837 g/mol. The number of carbonyl (C=O) groups excluding carboxylic acids is 3. The lowest BCUT2D eigenvalue weighted by atomic mass is 10.1. The van der Waals surface area contributed by atoms with E-state index in [1.165, 1.54) is 38.5 Å². The summed E-state index contributed by atoms with van der Waals surface area (Å²) in [6, 6.07) is 0. The van der Waals surface area contributed by atoms with Gasteiger partial charge in [-0.3, -0.25) is 14.4 Å². The molecule has 0 N–H and O–H groups in total. The molecule has 6 nitrogen and oxygen atoms in total. The number of hydrogen-bond acceptors (Lipinski definition) is 6. The summed E-state index contributed by atoms with van der Waals surface area (Å²) in [6.45, 7) is 6.14. The molecule has 0 radical (unpaired) electrons. The van der Waals surface area contributed by atoms with Crippen LogP contribution in [-0.4, -0.2) is 37.2 Å². The highest BCUT2D eigenvalue weighted by Crippen LogP contribution is 2.10. The molecule has 1 atom stereocenters. The maximum Gasteiger partial charge on any atom is 0.306 e. The molecule has 0 aliphatic carbocycles. The summed E-state index contributed by atoms with van der Waals surface area (Å²) >= 11 is 0. The van der Waals surface area contributed by atoms with Crippen LogP contribution >= 0.6 is 0 Å². The van der Waals surface area contributed by atoms with Crippen LogP contribution in [0.4, 0.5) is 0 Å². The van der Waals surface area contributed by atoms with Crippen LogP contribution in [0.25, 0.3) is 0 Å². The van der Waals surface area contributed by atoms with Crippen LogP contribution < -0.4 is 0 Å². The minimum Gasteiger partial charge on any atom is -0.462 e. The lowest BCUT2D eigenvalue weighted by Gasteiger charge is -2.18. The lowest BCUT2D eigenvalue weighted by molar-refractivity contribution is -0.166. The van der Waals surface area contributed by atoms with Gasteiger partial charge in [0.25, 0.3) is 0 Å². The topological polar surface area (TPSA) is 78.9 Å². The zero-order valence-electron chi connectivity index (χ0n) is 38.1. The van der Waals surface area contributed by atoms with E-state index in [1.807, 2.05) is 122 Å². The van der Waals surface area contributed by atoms with E-state index in [2.05, 4.69) is 57.2 Å². The normalized spacial score (nSPS) is 13.6. The Bertz CT molecular complexity index is 1470. The maximum absolute atomic E-state index is 12.7. The predicted octanol–water partition coefficient (Wildman–Crippen LogP) is 15.1. The zero-order valence-corrected chi connectivity index (χ0v) is 38.1. The second-order valence-electron chi connectivity index (χ2n) is 14.5. The number of unbranched alkanes of at least 4 members (excludes halogenated alkanes) is 10. The molecule has 0 aromatic carbocycles. The van der Waals surface area contributed by atoms with Crippen LogP contribution in [0, 0.1) is 0 Å². The van der Waals surface area contributed by atoms with Crippen LogP contribution in [0.3, 0.4) is 0 Å². The number of ether oxygens (including phenoxy) is 3. The molecule has 0 bridgehead atoms. The Hall–Kier alpha value is -4.97. The van der Waals surface area contributed by atoms with Gasteiger partial charge in [0.1, 0.15) is 13.2 Å². The van der Waals surface area contributed by atoms with Crippen LogP contribution in [-0.2, 0) is 28.6 Å². The van der Waals surface area contributed by atoms with Gasteiger partial charge in [-0.25, -0.2) is 0 Å². The van der Waals surface area contributed by atoms with Crippen molar-refractivity contribution in [3.05, 3.63) is 158 Å². The Labute approximate surface area is 371 Å². The van der Waals surface area contributed by atoms with Gasteiger partial charge in [0.05, 0.1) is 0 Å². The highest BCUT2D eigenvalue weighted by molar-refractivity contribution is 5.71. The highest BCUT2D eigenvalue weighted by atomic mass is 16.6. The molecule has 0 aromatic rings. The molecule has 0 heterocycles. The molecule has 0 aliphatic rings. The molecular formula is C55H80O6. The van der Waals surface area contributed by atoms with Gasteiger partial charge in [-0.15, -0.1) is 0 Å².